The fraction of sp³-hybridized carbons (Fsp3) is 0.545. The first-order valence-electron chi connectivity index (χ1n) is 5.26. The smallest absolute Gasteiger partial charge is 0.126 e. The quantitative estimate of drug-likeness (QED) is 0.812. The van der Waals surface area contributed by atoms with Crippen molar-refractivity contribution in [3.63, 3.8) is 0 Å². The van der Waals surface area contributed by atoms with Crippen molar-refractivity contribution >= 4 is 17.4 Å². The lowest BCUT2D eigenvalue weighted by Crippen LogP contribution is -2.15. The Morgan fingerprint density at radius 2 is 2.13 bits per heavy atom. The van der Waals surface area contributed by atoms with E-state index in [2.05, 4.69) is 36.4 Å². The van der Waals surface area contributed by atoms with Gasteiger partial charge in [-0.05, 0) is 32.5 Å². The van der Waals surface area contributed by atoms with Crippen molar-refractivity contribution in [1.29, 1.82) is 0 Å². The Labute approximate surface area is 96.2 Å². The molecule has 0 amide bonds. The van der Waals surface area contributed by atoms with Crippen LogP contribution in [0.1, 0.15) is 26.5 Å². The second kappa shape index (κ2) is 5.93. The van der Waals surface area contributed by atoms with E-state index in [1.165, 1.54) is 0 Å². The Bertz CT molecular complexity index is 313. The Hall–Kier alpha value is -0.800. The maximum absolute atomic E-state index is 6.04. The molecule has 0 saturated heterocycles. The van der Waals surface area contributed by atoms with Crippen LogP contribution in [-0.4, -0.2) is 17.6 Å². The molecule has 0 aliphatic rings. The molecule has 0 atom stereocenters. The SMILES string of the molecule is CCNCc1nc(NC(C)C)ccc1Cl. The molecule has 4 heteroatoms. The minimum Gasteiger partial charge on any atom is -0.368 e. The molecule has 0 aromatic carbocycles. The molecular formula is C11H18ClN3. The van der Waals surface area contributed by atoms with Crippen molar-refractivity contribution in [2.75, 3.05) is 11.9 Å². The normalized spacial score (nSPS) is 10.7. The van der Waals surface area contributed by atoms with Gasteiger partial charge in [0.2, 0.25) is 0 Å². The van der Waals surface area contributed by atoms with Gasteiger partial charge in [-0.1, -0.05) is 18.5 Å². The van der Waals surface area contributed by atoms with Gasteiger partial charge in [0.15, 0.2) is 0 Å². The fourth-order valence-electron chi connectivity index (χ4n) is 1.23. The maximum Gasteiger partial charge on any atom is 0.126 e. The zero-order valence-electron chi connectivity index (χ0n) is 9.47. The molecule has 0 saturated carbocycles. The van der Waals surface area contributed by atoms with E-state index >= 15 is 0 Å². The van der Waals surface area contributed by atoms with Crippen molar-refractivity contribution in [2.45, 2.75) is 33.4 Å². The summed E-state index contributed by atoms with van der Waals surface area (Å²) in [5.41, 5.74) is 0.893. The van der Waals surface area contributed by atoms with Gasteiger partial charge >= 0.3 is 0 Å². The highest BCUT2D eigenvalue weighted by molar-refractivity contribution is 6.31. The Morgan fingerprint density at radius 3 is 2.73 bits per heavy atom. The van der Waals surface area contributed by atoms with E-state index in [-0.39, 0.29) is 0 Å². The van der Waals surface area contributed by atoms with E-state index in [0.717, 1.165) is 18.1 Å². The van der Waals surface area contributed by atoms with Crippen molar-refractivity contribution < 1.29 is 0 Å². The summed E-state index contributed by atoms with van der Waals surface area (Å²) in [6, 6.07) is 4.16. The van der Waals surface area contributed by atoms with E-state index in [9.17, 15) is 0 Å². The maximum atomic E-state index is 6.04. The summed E-state index contributed by atoms with van der Waals surface area (Å²) in [5.74, 6) is 0.877. The number of rotatable bonds is 5. The van der Waals surface area contributed by atoms with Gasteiger partial charge in [0.05, 0.1) is 10.7 Å². The van der Waals surface area contributed by atoms with Crippen LogP contribution < -0.4 is 10.6 Å². The molecule has 0 bridgehead atoms. The molecule has 1 heterocycles. The summed E-state index contributed by atoms with van der Waals surface area (Å²) >= 11 is 6.04. The van der Waals surface area contributed by atoms with Crippen LogP contribution in [0.5, 0.6) is 0 Å². The van der Waals surface area contributed by atoms with Gasteiger partial charge < -0.3 is 10.6 Å². The number of hydrogen-bond donors (Lipinski definition) is 2. The van der Waals surface area contributed by atoms with Crippen LogP contribution in [0, 0.1) is 0 Å². The molecule has 0 unspecified atom stereocenters. The molecule has 84 valence electrons. The molecule has 0 aliphatic heterocycles. The third-order valence-electron chi connectivity index (χ3n) is 1.90. The number of aromatic nitrogens is 1. The van der Waals surface area contributed by atoms with Crippen molar-refractivity contribution in [3.05, 3.63) is 22.8 Å². The van der Waals surface area contributed by atoms with Crippen LogP contribution in [-0.2, 0) is 6.54 Å². The Morgan fingerprint density at radius 1 is 1.40 bits per heavy atom. The minimum atomic E-state index is 0.380. The first-order chi connectivity index (χ1) is 7.13. The number of hydrogen-bond acceptors (Lipinski definition) is 3. The van der Waals surface area contributed by atoms with Crippen molar-refractivity contribution in [3.8, 4) is 0 Å². The molecule has 0 radical (unpaired) electrons. The molecule has 1 aromatic rings. The minimum absolute atomic E-state index is 0.380. The number of anilines is 1. The Balaban J connectivity index is 2.75. The average molecular weight is 228 g/mol. The van der Waals surface area contributed by atoms with Crippen molar-refractivity contribution in [2.24, 2.45) is 0 Å². The van der Waals surface area contributed by atoms with E-state index < -0.39 is 0 Å². The average Bonchev–Trinajstić information content (AvgIpc) is 2.18. The summed E-state index contributed by atoms with van der Waals surface area (Å²) < 4.78 is 0. The number of nitrogens with zero attached hydrogens (tertiary/aromatic N) is 1. The predicted octanol–water partition coefficient (Wildman–Crippen LogP) is 2.66. The van der Waals surface area contributed by atoms with Crippen LogP contribution in [0.25, 0.3) is 0 Å². The first kappa shape index (κ1) is 12.3. The largest absolute Gasteiger partial charge is 0.368 e. The molecule has 0 spiro atoms. The lowest BCUT2D eigenvalue weighted by molar-refractivity contribution is 0.710. The predicted molar refractivity (Wildman–Crippen MR) is 65.4 cm³/mol. The highest BCUT2D eigenvalue weighted by Gasteiger charge is 2.04. The summed E-state index contributed by atoms with van der Waals surface area (Å²) in [6.07, 6.45) is 0. The lowest BCUT2D eigenvalue weighted by atomic mass is 10.3. The molecule has 0 aliphatic carbocycles. The number of halogens is 1. The van der Waals surface area contributed by atoms with Gasteiger partial charge in [0.1, 0.15) is 5.82 Å². The fourth-order valence-corrected chi connectivity index (χ4v) is 1.40. The van der Waals surface area contributed by atoms with Crippen LogP contribution in [0.3, 0.4) is 0 Å². The van der Waals surface area contributed by atoms with Crippen LogP contribution in [0.2, 0.25) is 5.02 Å². The molecule has 1 rings (SSSR count). The topological polar surface area (TPSA) is 37.0 Å². The Kier molecular flexibility index (Phi) is 4.85. The van der Waals surface area contributed by atoms with E-state index in [0.29, 0.717) is 17.6 Å². The van der Waals surface area contributed by atoms with E-state index in [4.69, 9.17) is 11.6 Å². The molecule has 1 aromatic heterocycles. The molecule has 2 N–H and O–H groups in total. The summed E-state index contributed by atoms with van der Waals surface area (Å²) in [6.45, 7) is 7.85. The second-order valence-corrected chi connectivity index (χ2v) is 4.11. The van der Waals surface area contributed by atoms with Gasteiger partial charge in [-0.3, -0.25) is 0 Å². The standard InChI is InChI=1S/C11H18ClN3/c1-4-13-7-10-9(12)5-6-11(15-10)14-8(2)3/h5-6,8,13H,4,7H2,1-3H3,(H,14,15). The number of pyridine rings is 1. The summed E-state index contributed by atoms with van der Waals surface area (Å²) in [5, 5.41) is 7.18. The zero-order valence-corrected chi connectivity index (χ0v) is 10.2. The highest BCUT2D eigenvalue weighted by Crippen LogP contribution is 2.16. The molecule has 0 fully saturated rings. The van der Waals surface area contributed by atoms with Crippen molar-refractivity contribution in [1.82, 2.24) is 10.3 Å². The second-order valence-electron chi connectivity index (χ2n) is 3.70. The first-order valence-corrected chi connectivity index (χ1v) is 5.64. The van der Waals surface area contributed by atoms with Gasteiger partial charge in [-0.2, -0.15) is 0 Å². The summed E-state index contributed by atoms with van der Waals surface area (Å²) in [7, 11) is 0. The number of nitrogens with one attached hydrogen (secondary N) is 2. The monoisotopic (exact) mass is 227 g/mol. The van der Waals surface area contributed by atoms with Gasteiger partial charge in [-0.15, -0.1) is 0 Å². The highest BCUT2D eigenvalue weighted by atomic mass is 35.5. The summed E-state index contributed by atoms with van der Waals surface area (Å²) in [4.78, 5) is 4.44. The third-order valence-corrected chi connectivity index (χ3v) is 2.24. The van der Waals surface area contributed by atoms with Crippen LogP contribution in [0.4, 0.5) is 5.82 Å². The van der Waals surface area contributed by atoms with Crippen LogP contribution in [0.15, 0.2) is 12.1 Å². The van der Waals surface area contributed by atoms with E-state index in [1.807, 2.05) is 12.1 Å². The van der Waals surface area contributed by atoms with Gasteiger partial charge in [0, 0.05) is 12.6 Å². The van der Waals surface area contributed by atoms with E-state index in [1.54, 1.807) is 0 Å². The molecule has 3 nitrogen and oxygen atoms in total. The third kappa shape index (κ3) is 4.06. The molecular weight excluding hydrogens is 210 g/mol. The lowest BCUT2D eigenvalue weighted by Gasteiger charge is -2.11. The van der Waals surface area contributed by atoms with Gasteiger partial charge in [0.25, 0.3) is 0 Å². The zero-order chi connectivity index (χ0) is 11.3. The van der Waals surface area contributed by atoms with Crippen LogP contribution >= 0.6 is 11.6 Å². The molecule has 15 heavy (non-hydrogen) atoms. The van der Waals surface area contributed by atoms with Gasteiger partial charge in [-0.25, -0.2) is 4.98 Å².